The molecule has 0 saturated carbocycles. The van der Waals surface area contributed by atoms with Crippen molar-refractivity contribution >= 4 is 27.9 Å². The van der Waals surface area contributed by atoms with Crippen molar-refractivity contribution in [2.45, 2.75) is 32.0 Å². The zero-order valence-electron chi connectivity index (χ0n) is 12.1. The van der Waals surface area contributed by atoms with Crippen molar-refractivity contribution in [3.63, 3.8) is 0 Å². The van der Waals surface area contributed by atoms with E-state index < -0.39 is 0 Å². The van der Waals surface area contributed by atoms with Crippen LogP contribution in [-0.4, -0.2) is 70.7 Å². The average molecular weight is 334 g/mol. The monoisotopic (exact) mass is 333 g/mol. The molecule has 0 N–H and O–H groups in total. The molecule has 110 valence electrons. The highest BCUT2D eigenvalue weighted by Gasteiger charge is 2.28. The molecule has 5 nitrogen and oxygen atoms in total. The van der Waals surface area contributed by atoms with Gasteiger partial charge in [-0.15, -0.1) is 0 Å². The van der Waals surface area contributed by atoms with Crippen LogP contribution >= 0.6 is 15.9 Å². The van der Waals surface area contributed by atoms with E-state index in [2.05, 4.69) is 15.9 Å². The van der Waals surface area contributed by atoms with E-state index in [1.165, 1.54) is 0 Å². The quantitative estimate of drug-likeness (QED) is 0.736. The van der Waals surface area contributed by atoms with E-state index in [1.54, 1.807) is 0 Å². The lowest BCUT2D eigenvalue weighted by Crippen LogP contribution is -2.55. The smallest absolute Gasteiger partial charge is 0.320 e. The van der Waals surface area contributed by atoms with Crippen LogP contribution in [0.4, 0.5) is 4.79 Å². The summed E-state index contributed by atoms with van der Waals surface area (Å²) < 4.78 is 0. The summed E-state index contributed by atoms with van der Waals surface area (Å²) in [6.45, 7) is 9.94. The van der Waals surface area contributed by atoms with Gasteiger partial charge in [0.25, 0.3) is 0 Å². The molecule has 1 rings (SSSR count). The number of amides is 3. The van der Waals surface area contributed by atoms with Crippen LogP contribution in [-0.2, 0) is 4.79 Å². The lowest BCUT2D eigenvalue weighted by atomic mass is 10.2. The molecule has 0 radical (unpaired) electrons. The third-order valence-corrected chi connectivity index (χ3v) is 4.56. The molecule has 1 atom stereocenters. The number of rotatable bonds is 4. The van der Waals surface area contributed by atoms with Gasteiger partial charge in [0.2, 0.25) is 5.91 Å². The molecule has 0 aromatic heterocycles. The van der Waals surface area contributed by atoms with E-state index in [9.17, 15) is 9.59 Å². The average Bonchev–Trinajstić information content (AvgIpc) is 2.47. The molecule has 1 aliphatic rings. The number of hydrogen-bond donors (Lipinski definition) is 0. The van der Waals surface area contributed by atoms with Crippen LogP contribution in [0.25, 0.3) is 0 Å². The maximum absolute atomic E-state index is 12.2. The fourth-order valence-electron chi connectivity index (χ4n) is 2.18. The van der Waals surface area contributed by atoms with Crippen molar-refractivity contribution in [1.82, 2.24) is 14.7 Å². The Morgan fingerprint density at radius 1 is 1.05 bits per heavy atom. The second-order valence-corrected chi connectivity index (χ2v) is 5.75. The number of carbonyl (C=O) groups excluding carboxylic acids is 2. The maximum atomic E-state index is 12.2. The number of nitrogens with zero attached hydrogens (tertiary/aromatic N) is 3. The normalized spacial score (nSPS) is 17.3. The fraction of sp³-hybridized carbons (Fsp3) is 0.846. The topological polar surface area (TPSA) is 43.9 Å². The molecule has 1 unspecified atom stereocenters. The van der Waals surface area contributed by atoms with Gasteiger partial charge in [-0.25, -0.2) is 4.79 Å². The first kappa shape index (κ1) is 16.3. The second kappa shape index (κ2) is 7.72. The molecule has 1 saturated heterocycles. The Morgan fingerprint density at radius 2 is 1.53 bits per heavy atom. The predicted octanol–water partition coefficient (Wildman–Crippen LogP) is 1.77. The van der Waals surface area contributed by atoms with E-state index >= 15 is 0 Å². The first-order chi connectivity index (χ1) is 9.04. The molecular formula is C13H24BrN3O2. The summed E-state index contributed by atoms with van der Waals surface area (Å²) >= 11 is 3.39. The largest absolute Gasteiger partial charge is 0.338 e. The Kier molecular flexibility index (Phi) is 6.62. The molecule has 1 fully saturated rings. The van der Waals surface area contributed by atoms with Crippen molar-refractivity contribution in [2.24, 2.45) is 0 Å². The summed E-state index contributed by atoms with van der Waals surface area (Å²) in [4.78, 5) is 29.6. The van der Waals surface area contributed by atoms with E-state index in [4.69, 9.17) is 0 Å². The third-order valence-electron chi connectivity index (χ3n) is 3.52. The Balaban J connectivity index is 2.49. The van der Waals surface area contributed by atoms with Crippen LogP contribution in [0.15, 0.2) is 0 Å². The summed E-state index contributed by atoms with van der Waals surface area (Å²) in [6.07, 6.45) is 0.789. The third kappa shape index (κ3) is 4.09. The highest BCUT2D eigenvalue weighted by atomic mass is 79.9. The first-order valence-corrected chi connectivity index (χ1v) is 7.93. The zero-order valence-corrected chi connectivity index (χ0v) is 13.6. The molecule has 0 bridgehead atoms. The minimum atomic E-state index is -0.0995. The molecule has 0 aromatic rings. The highest BCUT2D eigenvalue weighted by molar-refractivity contribution is 9.10. The Hall–Kier alpha value is -0.780. The molecule has 0 spiro atoms. The summed E-state index contributed by atoms with van der Waals surface area (Å²) in [5.74, 6) is 0.137. The van der Waals surface area contributed by atoms with Gasteiger partial charge in [0.1, 0.15) is 0 Å². The van der Waals surface area contributed by atoms with Gasteiger partial charge >= 0.3 is 6.03 Å². The van der Waals surface area contributed by atoms with Crippen LogP contribution in [0.5, 0.6) is 0 Å². The first-order valence-electron chi connectivity index (χ1n) is 7.01. The van der Waals surface area contributed by atoms with Crippen molar-refractivity contribution in [1.29, 1.82) is 0 Å². The number of hydrogen-bond acceptors (Lipinski definition) is 2. The van der Waals surface area contributed by atoms with Gasteiger partial charge in [-0.05, 0) is 20.3 Å². The van der Waals surface area contributed by atoms with Gasteiger partial charge in [0, 0.05) is 39.3 Å². The van der Waals surface area contributed by atoms with Crippen molar-refractivity contribution in [3.8, 4) is 0 Å². The minimum absolute atomic E-state index is 0.0861. The van der Waals surface area contributed by atoms with E-state index in [0.717, 1.165) is 19.5 Å². The van der Waals surface area contributed by atoms with Gasteiger partial charge in [-0.1, -0.05) is 22.9 Å². The molecule has 3 amide bonds. The zero-order chi connectivity index (χ0) is 14.4. The molecule has 0 aromatic carbocycles. The van der Waals surface area contributed by atoms with Crippen LogP contribution in [0.3, 0.4) is 0 Å². The van der Waals surface area contributed by atoms with Crippen molar-refractivity contribution < 1.29 is 9.59 Å². The number of alkyl halides is 1. The number of halogens is 1. The van der Waals surface area contributed by atoms with Crippen molar-refractivity contribution in [2.75, 3.05) is 39.3 Å². The number of piperazine rings is 1. The Labute approximate surface area is 124 Å². The lowest BCUT2D eigenvalue weighted by molar-refractivity contribution is -0.131. The van der Waals surface area contributed by atoms with Crippen LogP contribution in [0.1, 0.15) is 27.2 Å². The van der Waals surface area contributed by atoms with Gasteiger partial charge in [0.15, 0.2) is 0 Å². The Morgan fingerprint density at radius 3 is 1.95 bits per heavy atom. The molecule has 6 heteroatoms. The van der Waals surface area contributed by atoms with Gasteiger partial charge in [-0.2, -0.15) is 0 Å². The maximum Gasteiger partial charge on any atom is 0.320 e. The van der Waals surface area contributed by atoms with Gasteiger partial charge < -0.3 is 14.7 Å². The molecule has 1 aliphatic heterocycles. The second-order valence-electron chi connectivity index (χ2n) is 4.64. The van der Waals surface area contributed by atoms with Crippen LogP contribution in [0, 0.1) is 0 Å². The summed E-state index contributed by atoms with van der Waals surface area (Å²) in [5.41, 5.74) is 0. The SMILES string of the molecule is CCC(Br)C(=O)N1CCN(C(=O)N(CC)CC)CC1. The van der Waals surface area contributed by atoms with Crippen LogP contribution in [0.2, 0.25) is 0 Å². The summed E-state index contributed by atoms with van der Waals surface area (Å²) in [7, 11) is 0. The standard InChI is InChI=1S/C13H24BrN3O2/c1-4-11(14)12(18)16-7-9-17(10-8-16)13(19)15(5-2)6-3/h11H,4-10H2,1-3H3. The fourth-order valence-corrected chi connectivity index (χ4v) is 2.47. The lowest BCUT2D eigenvalue weighted by Gasteiger charge is -2.37. The molecule has 1 heterocycles. The Bertz CT molecular complexity index is 313. The van der Waals surface area contributed by atoms with Crippen molar-refractivity contribution in [3.05, 3.63) is 0 Å². The minimum Gasteiger partial charge on any atom is -0.338 e. The van der Waals surface area contributed by atoms with Gasteiger partial charge in [-0.3, -0.25) is 4.79 Å². The van der Waals surface area contributed by atoms with Crippen LogP contribution < -0.4 is 0 Å². The molecular weight excluding hydrogens is 310 g/mol. The highest BCUT2D eigenvalue weighted by Crippen LogP contribution is 2.12. The molecule has 19 heavy (non-hydrogen) atoms. The van der Waals surface area contributed by atoms with Gasteiger partial charge in [0.05, 0.1) is 4.83 Å². The number of carbonyl (C=O) groups is 2. The predicted molar refractivity (Wildman–Crippen MR) is 79.5 cm³/mol. The van der Waals surface area contributed by atoms with E-state index in [1.807, 2.05) is 35.5 Å². The van der Waals surface area contributed by atoms with E-state index in [0.29, 0.717) is 26.2 Å². The molecule has 0 aliphatic carbocycles. The number of urea groups is 1. The van der Waals surface area contributed by atoms with E-state index in [-0.39, 0.29) is 16.8 Å². The summed E-state index contributed by atoms with van der Waals surface area (Å²) in [5, 5.41) is 0. The summed E-state index contributed by atoms with van der Waals surface area (Å²) in [6, 6.07) is 0.0861.